The van der Waals surface area contributed by atoms with E-state index in [1.807, 2.05) is 11.3 Å². The number of nitrogens with zero attached hydrogens (tertiary/aromatic N) is 1. The standard InChI is InChI=1S/C14H26N2S/c1-4-16(5-2)10-6-8-13(3)15-12-14-9-7-11-17-14/h7,9,11,13,15H,4-6,8,10,12H2,1-3H3. The van der Waals surface area contributed by atoms with Gasteiger partial charge in [0.15, 0.2) is 0 Å². The molecule has 1 aromatic rings. The molecule has 1 N–H and O–H groups in total. The summed E-state index contributed by atoms with van der Waals surface area (Å²) in [6.07, 6.45) is 2.56. The zero-order valence-corrected chi connectivity index (χ0v) is 12.2. The van der Waals surface area contributed by atoms with Gasteiger partial charge >= 0.3 is 0 Å². The highest BCUT2D eigenvalue weighted by atomic mass is 32.1. The smallest absolute Gasteiger partial charge is 0.0302 e. The van der Waals surface area contributed by atoms with Crippen molar-refractivity contribution >= 4 is 11.3 Å². The maximum Gasteiger partial charge on any atom is 0.0302 e. The van der Waals surface area contributed by atoms with E-state index < -0.39 is 0 Å². The van der Waals surface area contributed by atoms with Crippen LogP contribution in [0.4, 0.5) is 0 Å². The van der Waals surface area contributed by atoms with Crippen LogP contribution in [0.25, 0.3) is 0 Å². The summed E-state index contributed by atoms with van der Waals surface area (Å²) >= 11 is 1.83. The van der Waals surface area contributed by atoms with Crippen LogP contribution in [0.1, 0.15) is 38.5 Å². The van der Waals surface area contributed by atoms with Crippen LogP contribution in [-0.4, -0.2) is 30.6 Å². The van der Waals surface area contributed by atoms with Crippen molar-refractivity contribution in [2.24, 2.45) is 0 Å². The lowest BCUT2D eigenvalue weighted by Gasteiger charge is -2.19. The van der Waals surface area contributed by atoms with E-state index in [1.165, 1.54) is 37.4 Å². The molecule has 3 heteroatoms. The van der Waals surface area contributed by atoms with Crippen molar-refractivity contribution < 1.29 is 0 Å². The quantitative estimate of drug-likeness (QED) is 0.727. The van der Waals surface area contributed by atoms with E-state index in [1.54, 1.807) is 0 Å². The van der Waals surface area contributed by atoms with Crippen LogP contribution in [-0.2, 0) is 6.54 Å². The molecule has 1 atom stereocenters. The largest absolute Gasteiger partial charge is 0.309 e. The molecule has 17 heavy (non-hydrogen) atoms. The van der Waals surface area contributed by atoms with Crippen LogP contribution < -0.4 is 5.32 Å². The van der Waals surface area contributed by atoms with E-state index in [9.17, 15) is 0 Å². The predicted octanol–water partition coefficient (Wildman–Crippen LogP) is 3.35. The minimum absolute atomic E-state index is 0.618. The fraction of sp³-hybridized carbons (Fsp3) is 0.714. The Hall–Kier alpha value is -0.380. The molecule has 0 saturated carbocycles. The number of rotatable bonds is 9. The molecule has 0 aromatic carbocycles. The third kappa shape index (κ3) is 6.20. The lowest BCUT2D eigenvalue weighted by molar-refractivity contribution is 0.290. The highest BCUT2D eigenvalue weighted by Gasteiger charge is 2.04. The topological polar surface area (TPSA) is 15.3 Å². The zero-order chi connectivity index (χ0) is 12.5. The normalized spacial score (nSPS) is 13.2. The molecular formula is C14H26N2S. The van der Waals surface area contributed by atoms with Crippen molar-refractivity contribution in [1.29, 1.82) is 0 Å². The van der Waals surface area contributed by atoms with Gasteiger partial charge in [-0.3, -0.25) is 0 Å². The molecule has 98 valence electrons. The summed E-state index contributed by atoms with van der Waals surface area (Å²) < 4.78 is 0. The first-order valence-corrected chi connectivity index (χ1v) is 7.62. The Morgan fingerprint density at radius 3 is 2.71 bits per heavy atom. The minimum atomic E-state index is 0.618. The number of nitrogens with one attached hydrogen (secondary N) is 1. The van der Waals surface area contributed by atoms with Gasteiger partial charge in [-0.1, -0.05) is 19.9 Å². The van der Waals surface area contributed by atoms with Crippen LogP contribution in [0.15, 0.2) is 17.5 Å². The second kappa shape index (κ2) is 8.67. The molecular weight excluding hydrogens is 228 g/mol. The molecule has 1 aromatic heterocycles. The summed E-state index contributed by atoms with van der Waals surface area (Å²) in [4.78, 5) is 3.92. The summed E-state index contributed by atoms with van der Waals surface area (Å²) in [6, 6.07) is 4.93. The number of hydrogen-bond acceptors (Lipinski definition) is 3. The summed E-state index contributed by atoms with van der Waals surface area (Å²) in [5.74, 6) is 0. The minimum Gasteiger partial charge on any atom is -0.309 e. The maximum absolute atomic E-state index is 3.59. The second-order valence-electron chi connectivity index (χ2n) is 4.53. The van der Waals surface area contributed by atoms with Crippen molar-refractivity contribution in [2.75, 3.05) is 19.6 Å². The summed E-state index contributed by atoms with van der Waals surface area (Å²) in [6.45, 7) is 11.4. The summed E-state index contributed by atoms with van der Waals surface area (Å²) in [7, 11) is 0. The molecule has 1 heterocycles. The second-order valence-corrected chi connectivity index (χ2v) is 5.56. The van der Waals surface area contributed by atoms with Gasteiger partial charge in [-0.2, -0.15) is 0 Å². The first-order valence-electron chi connectivity index (χ1n) is 6.74. The first-order chi connectivity index (χ1) is 8.26. The first kappa shape index (κ1) is 14.7. The fourth-order valence-electron chi connectivity index (χ4n) is 1.95. The zero-order valence-electron chi connectivity index (χ0n) is 11.4. The molecule has 0 bridgehead atoms. The summed E-state index contributed by atoms with van der Waals surface area (Å²) in [5, 5.41) is 5.73. The average molecular weight is 254 g/mol. The molecule has 0 spiro atoms. The van der Waals surface area contributed by atoms with Gasteiger partial charge in [0, 0.05) is 17.5 Å². The number of hydrogen-bond donors (Lipinski definition) is 1. The van der Waals surface area contributed by atoms with Gasteiger partial charge in [-0.15, -0.1) is 11.3 Å². The van der Waals surface area contributed by atoms with E-state index in [0.29, 0.717) is 6.04 Å². The Morgan fingerprint density at radius 1 is 1.35 bits per heavy atom. The Morgan fingerprint density at radius 2 is 2.12 bits per heavy atom. The molecule has 0 saturated heterocycles. The van der Waals surface area contributed by atoms with Crippen molar-refractivity contribution in [3.8, 4) is 0 Å². The third-order valence-corrected chi connectivity index (χ3v) is 4.09. The third-order valence-electron chi connectivity index (χ3n) is 3.21. The van der Waals surface area contributed by atoms with Gasteiger partial charge in [-0.05, 0) is 50.8 Å². The van der Waals surface area contributed by atoms with Gasteiger partial charge in [-0.25, -0.2) is 0 Å². The molecule has 0 fully saturated rings. The fourth-order valence-corrected chi connectivity index (χ4v) is 2.61. The maximum atomic E-state index is 3.59. The van der Waals surface area contributed by atoms with Crippen molar-refractivity contribution in [2.45, 2.75) is 46.2 Å². The molecule has 1 unspecified atom stereocenters. The number of thiophene rings is 1. The predicted molar refractivity (Wildman–Crippen MR) is 77.6 cm³/mol. The molecule has 0 amide bonds. The van der Waals surface area contributed by atoms with Crippen LogP contribution in [0.3, 0.4) is 0 Å². The van der Waals surface area contributed by atoms with E-state index in [2.05, 4.69) is 48.5 Å². The van der Waals surface area contributed by atoms with Crippen molar-refractivity contribution in [1.82, 2.24) is 10.2 Å². The molecule has 0 aliphatic carbocycles. The molecule has 0 radical (unpaired) electrons. The van der Waals surface area contributed by atoms with Crippen LogP contribution in [0.2, 0.25) is 0 Å². The Kier molecular flexibility index (Phi) is 7.49. The Bertz CT molecular complexity index is 268. The van der Waals surface area contributed by atoms with Crippen molar-refractivity contribution in [3.63, 3.8) is 0 Å². The Labute approximate surface area is 110 Å². The van der Waals surface area contributed by atoms with E-state index >= 15 is 0 Å². The van der Waals surface area contributed by atoms with Gasteiger partial charge < -0.3 is 10.2 Å². The molecule has 2 nitrogen and oxygen atoms in total. The molecule has 0 aliphatic rings. The van der Waals surface area contributed by atoms with Crippen LogP contribution in [0.5, 0.6) is 0 Å². The van der Waals surface area contributed by atoms with Gasteiger partial charge in [0.1, 0.15) is 0 Å². The lowest BCUT2D eigenvalue weighted by atomic mass is 10.1. The highest BCUT2D eigenvalue weighted by molar-refractivity contribution is 7.09. The highest BCUT2D eigenvalue weighted by Crippen LogP contribution is 2.08. The van der Waals surface area contributed by atoms with Crippen molar-refractivity contribution in [3.05, 3.63) is 22.4 Å². The lowest BCUT2D eigenvalue weighted by Crippen LogP contribution is -2.28. The average Bonchev–Trinajstić information content (AvgIpc) is 2.85. The molecule has 0 aliphatic heterocycles. The summed E-state index contributed by atoms with van der Waals surface area (Å²) in [5.41, 5.74) is 0. The van der Waals surface area contributed by atoms with E-state index in [-0.39, 0.29) is 0 Å². The molecule has 1 rings (SSSR count). The SMILES string of the molecule is CCN(CC)CCCC(C)NCc1cccs1. The van der Waals surface area contributed by atoms with Crippen LogP contribution >= 0.6 is 11.3 Å². The van der Waals surface area contributed by atoms with Gasteiger partial charge in [0.25, 0.3) is 0 Å². The van der Waals surface area contributed by atoms with Crippen LogP contribution in [0, 0.1) is 0 Å². The van der Waals surface area contributed by atoms with E-state index in [0.717, 1.165) is 6.54 Å². The van der Waals surface area contributed by atoms with Gasteiger partial charge in [0.05, 0.1) is 0 Å². The van der Waals surface area contributed by atoms with E-state index in [4.69, 9.17) is 0 Å². The monoisotopic (exact) mass is 254 g/mol. The van der Waals surface area contributed by atoms with Gasteiger partial charge in [0.2, 0.25) is 0 Å². The Balaban J connectivity index is 2.06.